The maximum Gasteiger partial charge on any atom is 0.161 e. The molecule has 5 heteroatoms. The molecule has 0 amide bonds. The number of aliphatic hydroxyl groups excluding tert-OH is 1. The number of aryl methyl sites for hydroxylation is 1. The Balaban J connectivity index is 2.53. The van der Waals surface area contributed by atoms with E-state index in [2.05, 4.69) is 31.9 Å². The van der Waals surface area contributed by atoms with Gasteiger partial charge >= 0.3 is 0 Å². The molecule has 3 nitrogen and oxygen atoms in total. The standard InChI is InChI=1S/C16H16Br2O3/c1-9-5-4-6-10(15(9)18)16(19)11-7-13(20-2)14(21-3)8-12(11)17/h4-8,16,19H,1-3H3. The van der Waals surface area contributed by atoms with Gasteiger partial charge in [0.1, 0.15) is 6.10 Å². The summed E-state index contributed by atoms with van der Waals surface area (Å²) in [5, 5.41) is 10.7. The van der Waals surface area contributed by atoms with Crippen LogP contribution in [-0.4, -0.2) is 19.3 Å². The van der Waals surface area contributed by atoms with Crippen LogP contribution in [0.5, 0.6) is 11.5 Å². The Labute approximate surface area is 141 Å². The van der Waals surface area contributed by atoms with Crippen molar-refractivity contribution in [3.8, 4) is 11.5 Å². The van der Waals surface area contributed by atoms with Crippen LogP contribution in [0.1, 0.15) is 22.8 Å². The van der Waals surface area contributed by atoms with E-state index in [1.807, 2.05) is 25.1 Å². The van der Waals surface area contributed by atoms with E-state index in [-0.39, 0.29) is 0 Å². The van der Waals surface area contributed by atoms with Crippen molar-refractivity contribution < 1.29 is 14.6 Å². The Kier molecular flexibility index (Phi) is 5.30. The van der Waals surface area contributed by atoms with Gasteiger partial charge in [-0.05, 0) is 30.2 Å². The van der Waals surface area contributed by atoms with Crippen molar-refractivity contribution >= 4 is 31.9 Å². The molecule has 1 N–H and O–H groups in total. The first-order valence-electron chi connectivity index (χ1n) is 6.34. The first-order chi connectivity index (χ1) is 9.99. The molecular formula is C16H16Br2O3. The van der Waals surface area contributed by atoms with Gasteiger partial charge in [0.2, 0.25) is 0 Å². The number of benzene rings is 2. The molecule has 2 aromatic carbocycles. The Morgan fingerprint density at radius 1 is 1.00 bits per heavy atom. The topological polar surface area (TPSA) is 38.7 Å². The number of methoxy groups -OCH3 is 2. The maximum atomic E-state index is 10.7. The fourth-order valence-electron chi connectivity index (χ4n) is 2.13. The first-order valence-corrected chi connectivity index (χ1v) is 7.92. The molecule has 1 atom stereocenters. The van der Waals surface area contributed by atoms with E-state index in [0.29, 0.717) is 11.5 Å². The van der Waals surface area contributed by atoms with Gasteiger partial charge in [0.05, 0.1) is 14.2 Å². The van der Waals surface area contributed by atoms with E-state index in [1.54, 1.807) is 26.4 Å². The normalized spacial score (nSPS) is 12.1. The molecule has 0 saturated heterocycles. The average molecular weight is 416 g/mol. The highest BCUT2D eigenvalue weighted by molar-refractivity contribution is 9.10. The third kappa shape index (κ3) is 3.25. The van der Waals surface area contributed by atoms with Crippen LogP contribution in [0.4, 0.5) is 0 Å². The second-order valence-electron chi connectivity index (χ2n) is 4.61. The predicted octanol–water partition coefficient (Wildman–Crippen LogP) is 4.62. The lowest BCUT2D eigenvalue weighted by molar-refractivity contribution is 0.218. The van der Waals surface area contributed by atoms with Gasteiger partial charge in [-0.3, -0.25) is 0 Å². The van der Waals surface area contributed by atoms with Crippen molar-refractivity contribution in [2.75, 3.05) is 14.2 Å². The summed E-state index contributed by atoms with van der Waals surface area (Å²) in [6.45, 7) is 1.99. The summed E-state index contributed by atoms with van der Waals surface area (Å²) in [5.74, 6) is 1.20. The Morgan fingerprint density at radius 3 is 2.24 bits per heavy atom. The summed E-state index contributed by atoms with van der Waals surface area (Å²) >= 11 is 7.02. The molecule has 0 heterocycles. The molecular weight excluding hydrogens is 400 g/mol. The largest absolute Gasteiger partial charge is 0.493 e. The van der Waals surface area contributed by atoms with E-state index >= 15 is 0 Å². The second kappa shape index (κ2) is 6.81. The summed E-state index contributed by atoms with van der Waals surface area (Å²) in [4.78, 5) is 0. The highest BCUT2D eigenvalue weighted by Crippen LogP contribution is 2.39. The van der Waals surface area contributed by atoms with E-state index in [1.165, 1.54) is 0 Å². The summed E-state index contributed by atoms with van der Waals surface area (Å²) in [6, 6.07) is 9.38. The van der Waals surface area contributed by atoms with Crippen molar-refractivity contribution in [2.24, 2.45) is 0 Å². The van der Waals surface area contributed by atoms with Gasteiger partial charge in [-0.15, -0.1) is 0 Å². The van der Waals surface area contributed by atoms with Crippen LogP contribution in [0.3, 0.4) is 0 Å². The SMILES string of the molecule is COc1cc(Br)c(C(O)c2cccc(C)c2Br)cc1OC. The number of hydrogen-bond acceptors (Lipinski definition) is 3. The summed E-state index contributed by atoms with van der Waals surface area (Å²) < 4.78 is 12.2. The molecule has 0 fully saturated rings. The van der Waals surface area contributed by atoms with Crippen LogP contribution in [0.15, 0.2) is 39.3 Å². The summed E-state index contributed by atoms with van der Waals surface area (Å²) in [7, 11) is 3.15. The molecule has 2 aromatic rings. The zero-order valence-corrected chi connectivity index (χ0v) is 15.2. The molecule has 21 heavy (non-hydrogen) atoms. The van der Waals surface area contributed by atoms with E-state index in [0.717, 1.165) is 25.6 Å². The molecule has 0 aliphatic heterocycles. The minimum atomic E-state index is -0.770. The van der Waals surface area contributed by atoms with Gasteiger partial charge in [-0.1, -0.05) is 50.1 Å². The molecule has 0 aromatic heterocycles. The number of halogens is 2. The summed E-state index contributed by atoms with van der Waals surface area (Å²) in [6.07, 6.45) is -0.770. The third-order valence-corrected chi connectivity index (χ3v) is 5.08. The van der Waals surface area contributed by atoms with Crippen LogP contribution < -0.4 is 9.47 Å². The van der Waals surface area contributed by atoms with Crippen molar-refractivity contribution in [3.05, 3.63) is 56.0 Å². The third-order valence-electron chi connectivity index (χ3n) is 3.31. The molecule has 0 aliphatic rings. The van der Waals surface area contributed by atoms with Gasteiger partial charge in [-0.2, -0.15) is 0 Å². The van der Waals surface area contributed by atoms with Crippen molar-refractivity contribution in [3.63, 3.8) is 0 Å². The lowest BCUT2D eigenvalue weighted by Crippen LogP contribution is -2.04. The number of ether oxygens (including phenoxy) is 2. The minimum Gasteiger partial charge on any atom is -0.493 e. The van der Waals surface area contributed by atoms with E-state index < -0.39 is 6.10 Å². The van der Waals surface area contributed by atoms with Crippen LogP contribution >= 0.6 is 31.9 Å². The van der Waals surface area contributed by atoms with Crippen LogP contribution in [0.2, 0.25) is 0 Å². The quantitative estimate of drug-likeness (QED) is 0.791. The minimum absolute atomic E-state index is 0.582. The molecule has 2 rings (SSSR count). The zero-order chi connectivity index (χ0) is 15.6. The van der Waals surface area contributed by atoms with Crippen LogP contribution in [0.25, 0.3) is 0 Å². The fraction of sp³-hybridized carbons (Fsp3) is 0.250. The molecule has 0 radical (unpaired) electrons. The monoisotopic (exact) mass is 414 g/mol. The van der Waals surface area contributed by atoms with Crippen molar-refractivity contribution in [2.45, 2.75) is 13.0 Å². The van der Waals surface area contributed by atoms with Crippen molar-refractivity contribution in [1.82, 2.24) is 0 Å². The fourth-order valence-corrected chi connectivity index (χ4v) is 3.15. The number of hydrogen-bond donors (Lipinski definition) is 1. The lowest BCUT2D eigenvalue weighted by atomic mass is 9.99. The van der Waals surface area contributed by atoms with Gasteiger partial charge < -0.3 is 14.6 Å². The number of rotatable bonds is 4. The summed E-state index contributed by atoms with van der Waals surface area (Å²) in [5.41, 5.74) is 2.60. The molecule has 0 saturated carbocycles. The maximum absolute atomic E-state index is 10.7. The van der Waals surface area contributed by atoms with Crippen molar-refractivity contribution in [1.29, 1.82) is 0 Å². The van der Waals surface area contributed by atoms with Gasteiger partial charge in [0.15, 0.2) is 11.5 Å². The predicted molar refractivity (Wildman–Crippen MR) is 90.2 cm³/mol. The highest BCUT2D eigenvalue weighted by Gasteiger charge is 2.20. The van der Waals surface area contributed by atoms with E-state index in [4.69, 9.17) is 9.47 Å². The van der Waals surface area contributed by atoms with Crippen LogP contribution in [-0.2, 0) is 0 Å². The van der Waals surface area contributed by atoms with Crippen LogP contribution in [0, 0.1) is 6.92 Å². The Bertz CT molecular complexity index is 656. The second-order valence-corrected chi connectivity index (χ2v) is 6.26. The zero-order valence-electron chi connectivity index (χ0n) is 12.0. The molecule has 112 valence electrons. The smallest absolute Gasteiger partial charge is 0.161 e. The molecule has 0 aliphatic carbocycles. The molecule has 0 bridgehead atoms. The highest BCUT2D eigenvalue weighted by atomic mass is 79.9. The lowest BCUT2D eigenvalue weighted by Gasteiger charge is -2.18. The van der Waals surface area contributed by atoms with Gasteiger partial charge in [-0.25, -0.2) is 0 Å². The molecule has 0 spiro atoms. The van der Waals surface area contributed by atoms with Gasteiger partial charge in [0.25, 0.3) is 0 Å². The first kappa shape index (κ1) is 16.3. The Hall–Kier alpha value is -1.04. The average Bonchev–Trinajstić information content (AvgIpc) is 2.49. The van der Waals surface area contributed by atoms with E-state index in [9.17, 15) is 5.11 Å². The Morgan fingerprint density at radius 2 is 1.62 bits per heavy atom. The molecule has 1 unspecified atom stereocenters. The number of aliphatic hydroxyl groups is 1. The van der Waals surface area contributed by atoms with Gasteiger partial charge in [0, 0.05) is 14.5 Å².